The maximum absolute atomic E-state index is 11.2. The Labute approximate surface area is 133 Å². The lowest BCUT2D eigenvalue weighted by Crippen LogP contribution is -2.29. The van der Waals surface area contributed by atoms with Crippen LogP contribution in [-0.4, -0.2) is 18.1 Å². The number of nitro benzene ring substituents is 1. The predicted octanol–water partition coefficient (Wildman–Crippen LogP) is 3.86. The predicted molar refractivity (Wildman–Crippen MR) is 82.4 cm³/mol. The first-order chi connectivity index (χ1) is 10.1. The summed E-state index contributed by atoms with van der Waals surface area (Å²) in [6, 6.07) is 8.61. The Morgan fingerprint density at radius 1 is 1.29 bits per heavy atom. The molecule has 1 fully saturated rings. The third-order valence-corrected chi connectivity index (χ3v) is 5.29. The van der Waals surface area contributed by atoms with Gasteiger partial charge in [-0.2, -0.15) is 0 Å². The van der Waals surface area contributed by atoms with Crippen LogP contribution in [0.2, 0.25) is 0 Å². The molecule has 1 saturated heterocycles. The summed E-state index contributed by atoms with van der Waals surface area (Å²) in [6.45, 7) is 0.954. The molecule has 0 N–H and O–H groups in total. The van der Waals surface area contributed by atoms with Crippen LogP contribution in [0.1, 0.15) is 10.4 Å². The first-order valence-corrected chi connectivity index (χ1v) is 8.03. The summed E-state index contributed by atoms with van der Waals surface area (Å²) in [5.41, 5.74) is 0.688. The zero-order valence-electron chi connectivity index (χ0n) is 11.0. The second kappa shape index (κ2) is 5.84. The van der Waals surface area contributed by atoms with Gasteiger partial charge < -0.3 is 9.47 Å². The van der Waals surface area contributed by atoms with Crippen LogP contribution < -0.4 is 0 Å². The highest BCUT2D eigenvalue weighted by Gasteiger charge is 2.42. The Balaban J connectivity index is 2.01. The molecule has 0 aliphatic carbocycles. The summed E-state index contributed by atoms with van der Waals surface area (Å²) in [5.74, 6) is -0.945. The van der Waals surface area contributed by atoms with Gasteiger partial charge in [-0.25, -0.2) is 0 Å². The van der Waals surface area contributed by atoms with Crippen molar-refractivity contribution in [1.29, 1.82) is 0 Å². The number of nitrogens with zero attached hydrogens (tertiary/aromatic N) is 1. The standard InChI is InChI=1S/C14H12BrNO4S/c15-11-5-8-21-13(11)14(19-6-7-20-14)9-10-3-1-2-4-12(10)16(17)18/h1-5,8H,6-7,9H2. The molecule has 3 rings (SSSR count). The summed E-state index contributed by atoms with van der Waals surface area (Å²) >= 11 is 5.00. The van der Waals surface area contributed by atoms with E-state index in [1.165, 1.54) is 17.4 Å². The van der Waals surface area contributed by atoms with E-state index in [1.54, 1.807) is 18.2 Å². The minimum Gasteiger partial charge on any atom is -0.342 e. The number of para-hydroxylation sites is 1. The third-order valence-electron chi connectivity index (χ3n) is 3.33. The van der Waals surface area contributed by atoms with E-state index in [4.69, 9.17) is 9.47 Å². The SMILES string of the molecule is O=[N+]([O-])c1ccccc1CC1(c2sccc2Br)OCCO1. The smallest absolute Gasteiger partial charge is 0.272 e. The second-order valence-electron chi connectivity index (χ2n) is 4.61. The molecule has 2 aromatic rings. The maximum Gasteiger partial charge on any atom is 0.272 e. The van der Waals surface area contributed by atoms with Crippen molar-refractivity contribution in [3.8, 4) is 0 Å². The minimum absolute atomic E-state index is 0.0867. The molecule has 1 aromatic heterocycles. The molecule has 1 aliphatic heterocycles. The van der Waals surface area contributed by atoms with Crippen LogP contribution in [0.4, 0.5) is 5.69 Å². The van der Waals surface area contributed by atoms with Crippen LogP contribution in [-0.2, 0) is 21.7 Å². The van der Waals surface area contributed by atoms with Gasteiger partial charge in [0.05, 0.1) is 23.0 Å². The summed E-state index contributed by atoms with van der Waals surface area (Å²) in [4.78, 5) is 11.7. The summed E-state index contributed by atoms with van der Waals surface area (Å²) < 4.78 is 12.6. The Hall–Kier alpha value is -1.28. The lowest BCUT2D eigenvalue weighted by Gasteiger charge is -2.26. The quantitative estimate of drug-likeness (QED) is 0.606. The van der Waals surface area contributed by atoms with E-state index in [2.05, 4.69) is 15.9 Å². The number of halogens is 1. The van der Waals surface area contributed by atoms with Crippen molar-refractivity contribution in [2.45, 2.75) is 12.2 Å². The van der Waals surface area contributed by atoms with Gasteiger partial charge in [0.2, 0.25) is 5.79 Å². The molecule has 7 heteroatoms. The molecular formula is C14H12BrNO4S. The zero-order valence-corrected chi connectivity index (χ0v) is 13.4. The molecule has 0 bridgehead atoms. The van der Waals surface area contributed by atoms with E-state index in [9.17, 15) is 10.1 Å². The number of hydrogen-bond acceptors (Lipinski definition) is 5. The van der Waals surface area contributed by atoms with Crippen molar-refractivity contribution in [2.75, 3.05) is 13.2 Å². The van der Waals surface area contributed by atoms with Gasteiger partial charge in [-0.3, -0.25) is 10.1 Å². The lowest BCUT2D eigenvalue weighted by molar-refractivity contribution is -0.386. The topological polar surface area (TPSA) is 61.6 Å². The zero-order chi connectivity index (χ0) is 14.9. The van der Waals surface area contributed by atoms with Crippen LogP contribution in [0.5, 0.6) is 0 Å². The monoisotopic (exact) mass is 369 g/mol. The van der Waals surface area contributed by atoms with Gasteiger partial charge in [-0.15, -0.1) is 11.3 Å². The van der Waals surface area contributed by atoms with Crippen molar-refractivity contribution in [3.63, 3.8) is 0 Å². The Kier molecular flexibility index (Phi) is 4.08. The average molecular weight is 370 g/mol. The molecule has 1 aromatic carbocycles. The van der Waals surface area contributed by atoms with Gasteiger partial charge >= 0.3 is 0 Å². The molecule has 0 amide bonds. The molecule has 0 atom stereocenters. The fourth-order valence-corrected chi connectivity index (χ4v) is 4.20. The van der Waals surface area contributed by atoms with Crippen LogP contribution in [0.3, 0.4) is 0 Å². The number of ether oxygens (including phenoxy) is 2. The third kappa shape index (κ3) is 2.74. The number of thiophene rings is 1. The van der Waals surface area contributed by atoms with Crippen LogP contribution in [0, 0.1) is 10.1 Å². The number of rotatable bonds is 4. The van der Waals surface area contributed by atoms with E-state index in [0.29, 0.717) is 25.2 Å². The average Bonchev–Trinajstić information content (AvgIpc) is 3.09. The van der Waals surface area contributed by atoms with E-state index in [-0.39, 0.29) is 10.6 Å². The fraction of sp³-hybridized carbons (Fsp3) is 0.286. The molecule has 110 valence electrons. The highest BCUT2D eigenvalue weighted by atomic mass is 79.9. The van der Waals surface area contributed by atoms with Gasteiger partial charge in [0.15, 0.2) is 0 Å². The lowest BCUT2D eigenvalue weighted by atomic mass is 10.0. The largest absolute Gasteiger partial charge is 0.342 e. The van der Waals surface area contributed by atoms with Crippen molar-refractivity contribution >= 4 is 33.0 Å². The van der Waals surface area contributed by atoms with E-state index < -0.39 is 5.79 Å². The molecule has 0 radical (unpaired) electrons. The number of hydrogen-bond donors (Lipinski definition) is 0. The molecule has 0 unspecified atom stereocenters. The first kappa shape index (κ1) is 14.6. The molecule has 21 heavy (non-hydrogen) atoms. The summed E-state index contributed by atoms with van der Waals surface area (Å²) in [5, 5.41) is 13.1. The van der Waals surface area contributed by atoms with Crippen LogP contribution >= 0.6 is 27.3 Å². The highest BCUT2D eigenvalue weighted by Crippen LogP contribution is 2.42. The molecule has 1 aliphatic rings. The maximum atomic E-state index is 11.2. The first-order valence-electron chi connectivity index (χ1n) is 6.36. The van der Waals surface area contributed by atoms with Crippen molar-refractivity contribution in [1.82, 2.24) is 0 Å². The molecule has 0 spiro atoms. The minimum atomic E-state index is -0.945. The number of benzene rings is 1. The fourth-order valence-electron chi connectivity index (χ4n) is 2.42. The molecule has 5 nitrogen and oxygen atoms in total. The van der Waals surface area contributed by atoms with Crippen molar-refractivity contribution < 1.29 is 14.4 Å². The summed E-state index contributed by atoms with van der Waals surface area (Å²) in [6.07, 6.45) is 0.309. The number of nitro groups is 1. The molecular weight excluding hydrogens is 358 g/mol. The Morgan fingerprint density at radius 2 is 2.00 bits per heavy atom. The van der Waals surface area contributed by atoms with E-state index in [1.807, 2.05) is 11.4 Å². The van der Waals surface area contributed by atoms with Crippen molar-refractivity contribution in [2.24, 2.45) is 0 Å². The summed E-state index contributed by atoms with van der Waals surface area (Å²) in [7, 11) is 0. The molecule has 0 saturated carbocycles. The van der Waals surface area contributed by atoms with Gasteiger partial charge in [0.25, 0.3) is 5.69 Å². The van der Waals surface area contributed by atoms with Crippen LogP contribution in [0.25, 0.3) is 0 Å². The Morgan fingerprint density at radius 3 is 2.62 bits per heavy atom. The van der Waals surface area contributed by atoms with Gasteiger partial charge in [-0.05, 0) is 27.4 Å². The Bertz CT molecular complexity index is 666. The van der Waals surface area contributed by atoms with Crippen molar-refractivity contribution in [3.05, 3.63) is 60.7 Å². The van der Waals surface area contributed by atoms with E-state index in [0.717, 1.165) is 9.35 Å². The van der Waals surface area contributed by atoms with Gasteiger partial charge in [0.1, 0.15) is 0 Å². The van der Waals surface area contributed by atoms with Crippen LogP contribution in [0.15, 0.2) is 40.2 Å². The van der Waals surface area contributed by atoms with Gasteiger partial charge in [0, 0.05) is 22.5 Å². The second-order valence-corrected chi connectivity index (χ2v) is 6.38. The van der Waals surface area contributed by atoms with Gasteiger partial charge in [-0.1, -0.05) is 18.2 Å². The molecule has 2 heterocycles. The normalized spacial score (nSPS) is 17.0. The van der Waals surface area contributed by atoms with E-state index >= 15 is 0 Å². The highest BCUT2D eigenvalue weighted by molar-refractivity contribution is 9.10.